The highest BCUT2D eigenvalue weighted by molar-refractivity contribution is 5.94. The van der Waals surface area contributed by atoms with Crippen molar-refractivity contribution >= 4 is 11.9 Å². The Morgan fingerprint density at radius 1 is 1.35 bits per heavy atom. The normalized spacial score (nSPS) is 18.4. The number of likely N-dealkylation sites (tertiary alicyclic amines) is 1. The number of carbonyl (C=O) groups is 2. The molecule has 5 heteroatoms. The third-order valence-electron chi connectivity index (χ3n) is 3.17. The highest BCUT2D eigenvalue weighted by Gasteiger charge is 2.37. The predicted octanol–water partition coefficient (Wildman–Crippen LogP) is 1.99. The quantitative estimate of drug-likeness (QED) is 0.853. The molecule has 17 heavy (non-hydrogen) atoms. The van der Waals surface area contributed by atoms with Crippen LogP contribution in [-0.4, -0.2) is 34.0 Å². The first-order chi connectivity index (χ1) is 7.92. The van der Waals surface area contributed by atoms with Gasteiger partial charge in [-0.15, -0.1) is 0 Å². The molecule has 0 unspecified atom stereocenters. The van der Waals surface area contributed by atoms with E-state index < -0.39 is 5.97 Å². The Hall–Kier alpha value is -1.78. The average molecular weight is 237 g/mol. The van der Waals surface area contributed by atoms with Crippen LogP contribution in [0.2, 0.25) is 0 Å². The van der Waals surface area contributed by atoms with E-state index in [9.17, 15) is 9.59 Å². The summed E-state index contributed by atoms with van der Waals surface area (Å²) in [7, 11) is 0. The first-order valence-electron chi connectivity index (χ1n) is 5.57. The van der Waals surface area contributed by atoms with E-state index in [-0.39, 0.29) is 23.0 Å². The summed E-state index contributed by atoms with van der Waals surface area (Å²) in [6.45, 7) is 4.69. The van der Waals surface area contributed by atoms with Crippen molar-refractivity contribution < 1.29 is 19.1 Å². The number of aromatic carboxylic acids is 1. The van der Waals surface area contributed by atoms with Crippen molar-refractivity contribution in [1.29, 1.82) is 0 Å². The summed E-state index contributed by atoms with van der Waals surface area (Å²) in [5, 5.41) is 8.73. The van der Waals surface area contributed by atoms with E-state index in [0.29, 0.717) is 6.54 Å². The summed E-state index contributed by atoms with van der Waals surface area (Å²) in [4.78, 5) is 24.5. The molecule has 1 fully saturated rings. The standard InChI is InChI=1S/C12H15NO4/c1-12(2)6-3-7-13(12)10(14)8-4-5-9(17-8)11(15)16/h4-5H,3,6-7H2,1-2H3,(H,15,16). The van der Waals surface area contributed by atoms with E-state index in [2.05, 4.69) is 0 Å². The van der Waals surface area contributed by atoms with Gasteiger partial charge < -0.3 is 14.4 Å². The predicted molar refractivity (Wildman–Crippen MR) is 60.0 cm³/mol. The van der Waals surface area contributed by atoms with Gasteiger partial charge in [0.15, 0.2) is 5.76 Å². The lowest BCUT2D eigenvalue weighted by molar-refractivity contribution is 0.0603. The summed E-state index contributed by atoms with van der Waals surface area (Å²) >= 11 is 0. The Labute approximate surface area is 99.0 Å². The average Bonchev–Trinajstić information content (AvgIpc) is 2.82. The Bertz CT molecular complexity index is 461. The molecular formula is C12H15NO4. The molecule has 92 valence electrons. The second kappa shape index (κ2) is 3.91. The zero-order valence-electron chi connectivity index (χ0n) is 9.90. The minimum absolute atomic E-state index is 0.0948. The van der Waals surface area contributed by atoms with Crippen molar-refractivity contribution in [2.24, 2.45) is 0 Å². The van der Waals surface area contributed by atoms with E-state index in [1.165, 1.54) is 12.1 Å². The van der Waals surface area contributed by atoms with Gasteiger partial charge in [0.2, 0.25) is 5.76 Å². The number of carboxylic acids is 1. The van der Waals surface area contributed by atoms with Crippen LogP contribution in [0.5, 0.6) is 0 Å². The van der Waals surface area contributed by atoms with E-state index in [1.807, 2.05) is 13.8 Å². The molecule has 0 bridgehead atoms. The summed E-state index contributed by atoms with van der Waals surface area (Å²) in [5.74, 6) is -1.51. The maximum Gasteiger partial charge on any atom is 0.371 e. The number of rotatable bonds is 2. The summed E-state index contributed by atoms with van der Waals surface area (Å²) in [6, 6.07) is 2.72. The number of hydrogen-bond acceptors (Lipinski definition) is 3. The smallest absolute Gasteiger partial charge is 0.371 e. The molecule has 0 aromatic carbocycles. The molecule has 1 aromatic heterocycles. The lowest BCUT2D eigenvalue weighted by Crippen LogP contribution is -2.42. The van der Waals surface area contributed by atoms with Crippen molar-refractivity contribution in [3.05, 3.63) is 23.7 Å². The van der Waals surface area contributed by atoms with E-state index in [4.69, 9.17) is 9.52 Å². The van der Waals surface area contributed by atoms with Gasteiger partial charge in [0, 0.05) is 12.1 Å². The number of hydrogen-bond donors (Lipinski definition) is 1. The van der Waals surface area contributed by atoms with Crippen LogP contribution in [0.1, 0.15) is 47.8 Å². The van der Waals surface area contributed by atoms with Gasteiger partial charge in [-0.3, -0.25) is 4.79 Å². The highest BCUT2D eigenvalue weighted by atomic mass is 16.4. The van der Waals surface area contributed by atoms with Crippen molar-refractivity contribution in [3.8, 4) is 0 Å². The highest BCUT2D eigenvalue weighted by Crippen LogP contribution is 2.30. The number of nitrogens with zero attached hydrogens (tertiary/aromatic N) is 1. The molecule has 1 amide bonds. The Morgan fingerprint density at radius 2 is 2.00 bits per heavy atom. The molecule has 5 nitrogen and oxygen atoms in total. The number of carboxylic acid groups (broad SMARTS) is 1. The van der Waals surface area contributed by atoms with Gasteiger partial charge in [0.1, 0.15) is 0 Å². The molecule has 1 saturated heterocycles. The van der Waals surface area contributed by atoms with Gasteiger partial charge >= 0.3 is 5.97 Å². The van der Waals surface area contributed by atoms with Crippen LogP contribution < -0.4 is 0 Å². The lowest BCUT2D eigenvalue weighted by atomic mass is 10.0. The maximum absolute atomic E-state index is 12.1. The van der Waals surface area contributed by atoms with Crippen LogP contribution in [0.4, 0.5) is 0 Å². The minimum atomic E-state index is -1.16. The summed E-state index contributed by atoms with van der Waals surface area (Å²) in [5.41, 5.74) is -0.187. The molecule has 0 spiro atoms. The topological polar surface area (TPSA) is 70.8 Å². The van der Waals surface area contributed by atoms with Crippen LogP contribution in [0, 0.1) is 0 Å². The zero-order chi connectivity index (χ0) is 12.6. The number of furan rings is 1. The second-order valence-electron chi connectivity index (χ2n) is 4.84. The van der Waals surface area contributed by atoms with E-state index in [0.717, 1.165) is 12.8 Å². The van der Waals surface area contributed by atoms with Crippen molar-refractivity contribution in [1.82, 2.24) is 4.90 Å². The van der Waals surface area contributed by atoms with Crippen LogP contribution in [0.3, 0.4) is 0 Å². The molecule has 0 saturated carbocycles. The molecular weight excluding hydrogens is 222 g/mol. The fraction of sp³-hybridized carbons (Fsp3) is 0.500. The largest absolute Gasteiger partial charge is 0.475 e. The molecule has 0 aliphatic carbocycles. The Kier molecular flexibility index (Phi) is 2.69. The van der Waals surface area contributed by atoms with Gasteiger partial charge in [-0.2, -0.15) is 0 Å². The molecule has 0 radical (unpaired) electrons. The zero-order valence-corrected chi connectivity index (χ0v) is 9.90. The minimum Gasteiger partial charge on any atom is -0.475 e. The number of carbonyl (C=O) groups excluding carboxylic acids is 1. The fourth-order valence-electron chi connectivity index (χ4n) is 2.18. The third-order valence-corrected chi connectivity index (χ3v) is 3.17. The maximum atomic E-state index is 12.1. The molecule has 1 aliphatic heterocycles. The third kappa shape index (κ3) is 2.05. The van der Waals surface area contributed by atoms with Crippen molar-refractivity contribution in [3.63, 3.8) is 0 Å². The van der Waals surface area contributed by atoms with Crippen molar-refractivity contribution in [2.45, 2.75) is 32.2 Å². The van der Waals surface area contributed by atoms with Gasteiger partial charge in [0.05, 0.1) is 0 Å². The van der Waals surface area contributed by atoms with E-state index in [1.54, 1.807) is 4.90 Å². The monoisotopic (exact) mass is 237 g/mol. The molecule has 1 aliphatic rings. The van der Waals surface area contributed by atoms with Gasteiger partial charge in [-0.1, -0.05) is 0 Å². The number of amides is 1. The summed E-state index contributed by atoms with van der Waals surface area (Å²) in [6.07, 6.45) is 1.91. The van der Waals surface area contributed by atoms with E-state index >= 15 is 0 Å². The molecule has 1 N–H and O–H groups in total. The van der Waals surface area contributed by atoms with Gasteiger partial charge in [0.25, 0.3) is 5.91 Å². The van der Waals surface area contributed by atoms with Crippen LogP contribution >= 0.6 is 0 Å². The van der Waals surface area contributed by atoms with Crippen LogP contribution in [0.15, 0.2) is 16.5 Å². The van der Waals surface area contributed by atoms with Gasteiger partial charge in [-0.05, 0) is 38.8 Å². The van der Waals surface area contributed by atoms with Crippen LogP contribution in [-0.2, 0) is 0 Å². The lowest BCUT2D eigenvalue weighted by Gasteiger charge is -2.30. The van der Waals surface area contributed by atoms with Crippen LogP contribution in [0.25, 0.3) is 0 Å². The first-order valence-corrected chi connectivity index (χ1v) is 5.57. The van der Waals surface area contributed by atoms with Crippen molar-refractivity contribution in [2.75, 3.05) is 6.54 Å². The Morgan fingerprint density at radius 3 is 2.47 bits per heavy atom. The second-order valence-corrected chi connectivity index (χ2v) is 4.84. The molecule has 2 heterocycles. The Balaban J connectivity index is 2.22. The van der Waals surface area contributed by atoms with Gasteiger partial charge in [-0.25, -0.2) is 4.79 Å². The first kappa shape index (κ1) is 11.7. The summed E-state index contributed by atoms with van der Waals surface area (Å²) < 4.78 is 5.02. The molecule has 0 atom stereocenters. The SMILES string of the molecule is CC1(C)CCCN1C(=O)c1ccc(C(=O)O)o1. The fourth-order valence-corrected chi connectivity index (χ4v) is 2.18. The molecule has 1 aromatic rings. The molecule has 2 rings (SSSR count).